The van der Waals surface area contributed by atoms with Crippen LogP contribution in [0.15, 0.2) is 46.9 Å². The van der Waals surface area contributed by atoms with Crippen LogP contribution in [0.3, 0.4) is 0 Å². The predicted molar refractivity (Wildman–Crippen MR) is 90.4 cm³/mol. The molecule has 0 heterocycles. The van der Waals surface area contributed by atoms with Gasteiger partial charge in [-0.1, -0.05) is 45.8 Å². The smallest absolute Gasteiger partial charge is 0.122 e. The third-order valence-corrected chi connectivity index (χ3v) is 4.00. The summed E-state index contributed by atoms with van der Waals surface area (Å²) in [5, 5.41) is 0. The number of aryl methyl sites for hydroxylation is 1. The Morgan fingerprint density at radius 2 is 2.00 bits per heavy atom. The highest BCUT2D eigenvalue weighted by molar-refractivity contribution is 9.10. The number of ether oxygens (including phenoxy) is 1. The summed E-state index contributed by atoms with van der Waals surface area (Å²) in [5.74, 6) is 6.65. The van der Waals surface area contributed by atoms with Gasteiger partial charge in [0.15, 0.2) is 0 Å². The number of nitrogens with one attached hydrogen (secondary N) is 1. The highest BCUT2D eigenvalue weighted by atomic mass is 79.9. The average Bonchev–Trinajstić information content (AvgIpc) is 2.47. The summed E-state index contributed by atoms with van der Waals surface area (Å²) >= 11 is 3.50. The molecule has 3 nitrogen and oxygen atoms in total. The minimum Gasteiger partial charge on any atom is -0.496 e. The Hall–Kier alpha value is -1.36. The van der Waals surface area contributed by atoms with Gasteiger partial charge in [-0.2, -0.15) is 0 Å². The molecule has 112 valence electrons. The third kappa shape index (κ3) is 4.56. The van der Waals surface area contributed by atoms with Gasteiger partial charge >= 0.3 is 0 Å². The molecule has 2 rings (SSSR count). The molecule has 0 aromatic heterocycles. The number of methoxy groups -OCH3 is 1. The summed E-state index contributed by atoms with van der Waals surface area (Å²) in [6, 6.07) is 14.7. The van der Waals surface area contributed by atoms with Crippen LogP contribution in [-0.4, -0.2) is 13.2 Å². The molecule has 0 radical (unpaired) electrons. The fraction of sp³-hybridized carbons (Fsp3) is 0.294. The van der Waals surface area contributed by atoms with E-state index in [0.717, 1.165) is 23.1 Å². The normalized spacial score (nSPS) is 12.2. The van der Waals surface area contributed by atoms with Crippen LogP contribution in [0.25, 0.3) is 0 Å². The number of nitrogens with two attached hydrogens (primary N) is 1. The van der Waals surface area contributed by atoms with Crippen molar-refractivity contribution in [2.45, 2.75) is 25.8 Å². The van der Waals surface area contributed by atoms with Gasteiger partial charge in [0.25, 0.3) is 0 Å². The molecular formula is C17H21BrN2O. The Morgan fingerprint density at radius 1 is 1.19 bits per heavy atom. The van der Waals surface area contributed by atoms with Crippen molar-refractivity contribution in [1.29, 1.82) is 0 Å². The average molecular weight is 349 g/mol. The lowest BCUT2D eigenvalue weighted by atomic mass is 9.98. The second-order valence-corrected chi connectivity index (χ2v) is 6.13. The highest BCUT2D eigenvalue weighted by Gasteiger charge is 2.12. The van der Waals surface area contributed by atoms with E-state index in [1.165, 1.54) is 16.7 Å². The molecule has 1 atom stereocenters. The summed E-state index contributed by atoms with van der Waals surface area (Å²) in [7, 11) is 1.70. The molecule has 4 heteroatoms. The Bertz CT molecular complexity index is 601. The first-order valence-electron chi connectivity index (χ1n) is 6.96. The molecule has 0 saturated carbocycles. The van der Waals surface area contributed by atoms with E-state index in [9.17, 15) is 0 Å². The van der Waals surface area contributed by atoms with Gasteiger partial charge in [0.05, 0.1) is 7.11 Å². The molecule has 0 aliphatic carbocycles. The van der Waals surface area contributed by atoms with E-state index < -0.39 is 0 Å². The van der Waals surface area contributed by atoms with Crippen LogP contribution in [0, 0.1) is 6.92 Å². The van der Waals surface area contributed by atoms with E-state index in [-0.39, 0.29) is 6.04 Å². The number of hydrogen-bond donors (Lipinski definition) is 2. The zero-order chi connectivity index (χ0) is 15.2. The zero-order valence-electron chi connectivity index (χ0n) is 12.4. The van der Waals surface area contributed by atoms with Gasteiger partial charge in [-0.25, -0.2) is 0 Å². The van der Waals surface area contributed by atoms with Crippen molar-refractivity contribution in [2.24, 2.45) is 5.84 Å². The maximum Gasteiger partial charge on any atom is 0.122 e. The molecule has 2 aromatic rings. The summed E-state index contributed by atoms with van der Waals surface area (Å²) in [4.78, 5) is 0. The van der Waals surface area contributed by atoms with Crippen LogP contribution in [0.2, 0.25) is 0 Å². The number of halogens is 1. The van der Waals surface area contributed by atoms with Gasteiger partial charge in [0.1, 0.15) is 5.75 Å². The Labute approximate surface area is 134 Å². The molecule has 2 aromatic carbocycles. The van der Waals surface area contributed by atoms with Gasteiger partial charge < -0.3 is 4.74 Å². The van der Waals surface area contributed by atoms with E-state index in [1.807, 2.05) is 18.2 Å². The molecule has 0 aliphatic rings. The standard InChI is InChI=1S/C17H21BrN2O/c1-12-6-7-17(21-2)14(8-12)11-16(20-19)10-13-4-3-5-15(18)9-13/h3-9,16,20H,10-11,19H2,1-2H3. The molecule has 0 fully saturated rings. The lowest BCUT2D eigenvalue weighted by Crippen LogP contribution is -2.38. The Balaban J connectivity index is 2.14. The minimum atomic E-state index is 0.162. The van der Waals surface area contributed by atoms with Gasteiger partial charge in [-0.15, -0.1) is 0 Å². The molecule has 0 saturated heterocycles. The van der Waals surface area contributed by atoms with E-state index in [4.69, 9.17) is 10.6 Å². The van der Waals surface area contributed by atoms with Crippen LogP contribution in [0.1, 0.15) is 16.7 Å². The van der Waals surface area contributed by atoms with E-state index in [2.05, 4.69) is 52.5 Å². The van der Waals surface area contributed by atoms with Crippen molar-refractivity contribution in [2.75, 3.05) is 7.11 Å². The van der Waals surface area contributed by atoms with E-state index in [1.54, 1.807) is 7.11 Å². The molecule has 0 amide bonds. The van der Waals surface area contributed by atoms with Crippen molar-refractivity contribution in [3.63, 3.8) is 0 Å². The summed E-state index contributed by atoms with van der Waals surface area (Å²) in [6.45, 7) is 2.09. The second-order valence-electron chi connectivity index (χ2n) is 5.22. The third-order valence-electron chi connectivity index (χ3n) is 3.51. The van der Waals surface area contributed by atoms with E-state index >= 15 is 0 Å². The molecule has 3 N–H and O–H groups in total. The Morgan fingerprint density at radius 3 is 2.67 bits per heavy atom. The predicted octanol–water partition coefficient (Wildman–Crippen LogP) is 3.38. The first-order chi connectivity index (χ1) is 10.1. The van der Waals surface area contributed by atoms with Crippen molar-refractivity contribution in [1.82, 2.24) is 5.43 Å². The lowest BCUT2D eigenvalue weighted by molar-refractivity contribution is 0.404. The van der Waals surface area contributed by atoms with Crippen molar-refractivity contribution in [3.8, 4) is 5.75 Å². The van der Waals surface area contributed by atoms with Crippen LogP contribution >= 0.6 is 15.9 Å². The molecule has 0 aliphatic heterocycles. The van der Waals surface area contributed by atoms with Crippen LogP contribution in [0.4, 0.5) is 0 Å². The topological polar surface area (TPSA) is 47.3 Å². The van der Waals surface area contributed by atoms with Crippen molar-refractivity contribution in [3.05, 3.63) is 63.6 Å². The number of hydrogen-bond acceptors (Lipinski definition) is 3. The number of rotatable bonds is 6. The maximum absolute atomic E-state index is 5.73. The highest BCUT2D eigenvalue weighted by Crippen LogP contribution is 2.22. The first kappa shape index (κ1) is 16.0. The first-order valence-corrected chi connectivity index (χ1v) is 7.75. The number of hydrazine groups is 1. The van der Waals surface area contributed by atoms with Gasteiger partial charge in [0, 0.05) is 10.5 Å². The van der Waals surface area contributed by atoms with Crippen LogP contribution in [-0.2, 0) is 12.8 Å². The maximum atomic E-state index is 5.73. The fourth-order valence-electron chi connectivity index (χ4n) is 2.47. The monoisotopic (exact) mass is 348 g/mol. The SMILES string of the molecule is COc1ccc(C)cc1CC(Cc1cccc(Br)c1)NN. The van der Waals surface area contributed by atoms with Gasteiger partial charge in [-0.05, 0) is 49.1 Å². The summed E-state index contributed by atoms with van der Waals surface area (Å²) < 4.78 is 6.53. The quantitative estimate of drug-likeness (QED) is 0.621. The van der Waals surface area contributed by atoms with E-state index in [0.29, 0.717) is 0 Å². The number of benzene rings is 2. The van der Waals surface area contributed by atoms with Crippen LogP contribution < -0.4 is 16.0 Å². The van der Waals surface area contributed by atoms with Crippen molar-refractivity contribution < 1.29 is 4.74 Å². The summed E-state index contributed by atoms with van der Waals surface area (Å²) in [6.07, 6.45) is 1.70. The van der Waals surface area contributed by atoms with Gasteiger partial charge in [-0.3, -0.25) is 11.3 Å². The minimum absolute atomic E-state index is 0.162. The molecular weight excluding hydrogens is 328 g/mol. The Kier molecular flexibility index (Phi) is 5.79. The van der Waals surface area contributed by atoms with Crippen LogP contribution in [0.5, 0.6) is 5.75 Å². The molecule has 0 spiro atoms. The summed E-state index contributed by atoms with van der Waals surface area (Å²) in [5.41, 5.74) is 6.57. The lowest BCUT2D eigenvalue weighted by Gasteiger charge is -2.18. The van der Waals surface area contributed by atoms with Crippen molar-refractivity contribution >= 4 is 15.9 Å². The molecule has 1 unspecified atom stereocenters. The van der Waals surface area contributed by atoms with Gasteiger partial charge in [0.2, 0.25) is 0 Å². The largest absolute Gasteiger partial charge is 0.496 e. The molecule has 21 heavy (non-hydrogen) atoms. The zero-order valence-corrected chi connectivity index (χ0v) is 14.0. The fourth-order valence-corrected chi connectivity index (χ4v) is 2.92. The molecule has 0 bridgehead atoms. The second kappa shape index (κ2) is 7.59.